The minimum Gasteiger partial charge on any atom is -0.369 e. The van der Waals surface area contributed by atoms with Gasteiger partial charge in [-0.25, -0.2) is 0 Å². The first-order chi connectivity index (χ1) is 11.1. The molecule has 0 aromatic rings. The Hall–Kier alpha value is -1.47. The summed E-state index contributed by atoms with van der Waals surface area (Å²) in [6.45, 7) is 5.76. The quantitative estimate of drug-likeness (QED) is 0.308. The van der Waals surface area contributed by atoms with Crippen LogP contribution in [0.15, 0.2) is 0 Å². The van der Waals surface area contributed by atoms with Crippen molar-refractivity contribution in [2.24, 2.45) is 29.4 Å². The lowest BCUT2D eigenvalue weighted by Crippen LogP contribution is -2.45. The maximum Gasteiger partial charge on any atom is 0.225 e. The van der Waals surface area contributed by atoms with Crippen LogP contribution in [0.5, 0.6) is 0 Å². The van der Waals surface area contributed by atoms with Crippen molar-refractivity contribution in [3.63, 3.8) is 0 Å². The Balaban J connectivity index is 3.05. The van der Waals surface area contributed by atoms with Gasteiger partial charge in [0.1, 0.15) is 0 Å². The number of aliphatic hydroxyl groups is 1. The second-order valence-corrected chi connectivity index (χ2v) is 7.57. The number of hydrogen-bond acceptors (Lipinski definition) is 4. The molecule has 0 spiro atoms. The Morgan fingerprint density at radius 1 is 1.33 bits per heavy atom. The Labute approximate surface area is 144 Å². The molecule has 1 heterocycles. The van der Waals surface area contributed by atoms with Gasteiger partial charge >= 0.3 is 0 Å². The molecular formula is C17H32N3O4+. The van der Waals surface area contributed by atoms with Gasteiger partial charge in [-0.1, -0.05) is 13.8 Å². The third kappa shape index (κ3) is 5.27. The molecule has 5 atom stereocenters. The summed E-state index contributed by atoms with van der Waals surface area (Å²) in [5.74, 6) is -1.16. The highest BCUT2D eigenvalue weighted by Gasteiger charge is 2.46. The Kier molecular flexibility index (Phi) is 7.35. The summed E-state index contributed by atoms with van der Waals surface area (Å²) in [6, 6.07) is 0. The normalized spacial score (nSPS) is 26.4. The molecule has 7 heteroatoms. The van der Waals surface area contributed by atoms with Crippen LogP contribution < -0.4 is 11.1 Å². The van der Waals surface area contributed by atoms with E-state index < -0.39 is 18.1 Å². The van der Waals surface area contributed by atoms with E-state index in [1.54, 1.807) is 0 Å². The molecule has 1 rings (SSSR count). The van der Waals surface area contributed by atoms with E-state index in [9.17, 15) is 19.5 Å². The highest BCUT2D eigenvalue weighted by molar-refractivity contribution is 5.83. The van der Waals surface area contributed by atoms with E-state index in [4.69, 9.17) is 5.73 Å². The summed E-state index contributed by atoms with van der Waals surface area (Å²) >= 11 is 0. The minimum atomic E-state index is -1.52. The number of quaternary nitrogens is 1. The zero-order chi connectivity index (χ0) is 18.5. The molecule has 0 saturated carbocycles. The third-order valence-electron chi connectivity index (χ3n) is 5.27. The maximum absolute atomic E-state index is 12.7. The largest absolute Gasteiger partial charge is 0.369 e. The van der Waals surface area contributed by atoms with E-state index in [1.165, 1.54) is 0 Å². The van der Waals surface area contributed by atoms with E-state index in [1.807, 2.05) is 6.92 Å². The van der Waals surface area contributed by atoms with Crippen molar-refractivity contribution in [3.05, 3.63) is 0 Å². The molecule has 138 valence electrons. The molecule has 0 bridgehead atoms. The van der Waals surface area contributed by atoms with Crippen LogP contribution in [0, 0.1) is 23.7 Å². The lowest BCUT2D eigenvalue weighted by Gasteiger charge is -2.28. The maximum atomic E-state index is 12.7. The van der Waals surface area contributed by atoms with Crippen LogP contribution in [-0.2, 0) is 14.4 Å². The molecule has 2 amide bonds. The first-order valence-corrected chi connectivity index (χ1v) is 8.70. The van der Waals surface area contributed by atoms with Gasteiger partial charge in [-0.05, 0) is 19.3 Å². The molecule has 24 heavy (non-hydrogen) atoms. The van der Waals surface area contributed by atoms with E-state index in [2.05, 4.69) is 26.3 Å². The van der Waals surface area contributed by atoms with E-state index in [-0.39, 0.29) is 24.0 Å². The fourth-order valence-corrected chi connectivity index (χ4v) is 4.01. The van der Waals surface area contributed by atoms with Crippen molar-refractivity contribution < 1.29 is 24.0 Å². The Bertz CT molecular complexity index is 467. The highest BCUT2D eigenvalue weighted by Crippen LogP contribution is 2.37. The number of nitrogens with two attached hydrogens (primary N) is 1. The Morgan fingerprint density at radius 3 is 2.42 bits per heavy atom. The SMILES string of the molecule is CCC(CC(C(=O)NC(O)C=O)C1C[N+](C)(C)CC1CC)C(N)=O. The number of aldehydes is 1. The van der Waals surface area contributed by atoms with E-state index >= 15 is 0 Å². The van der Waals surface area contributed by atoms with Crippen molar-refractivity contribution >= 4 is 18.1 Å². The number of carbonyl (C=O) groups is 3. The van der Waals surface area contributed by atoms with Crippen LogP contribution in [0.1, 0.15) is 33.1 Å². The van der Waals surface area contributed by atoms with Gasteiger partial charge in [0.25, 0.3) is 0 Å². The lowest BCUT2D eigenvalue weighted by molar-refractivity contribution is -0.880. The van der Waals surface area contributed by atoms with Gasteiger partial charge < -0.3 is 20.6 Å². The predicted molar refractivity (Wildman–Crippen MR) is 90.4 cm³/mol. The number of nitrogens with one attached hydrogen (secondary N) is 1. The molecule has 5 unspecified atom stereocenters. The van der Waals surface area contributed by atoms with Crippen LogP contribution in [-0.4, -0.2) is 61.1 Å². The number of hydrogen-bond donors (Lipinski definition) is 3. The van der Waals surface area contributed by atoms with Crippen molar-refractivity contribution in [3.8, 4) is 0 Å². The summed E-state index contributed by atoms with van der Waals surface area (Å²) < 4.78 is 0.816. The second-order valence-electron chi connectivity index (χ2n) is 7.57. The van der Waals surface area contributed by atoms with Gasteiger partial charge in [0.2, 0.25) is 11.8 Å². The first kappa shape index (κ1) is 20.6. The standard InChI is InChI=1S/C17H31N3O4/c1-5-11(16(18)23)7-13(17(24)19-15(22)10-21)14-9-20(3,4)8-12(14)6-2/h10-15,22H,5-9H2,1-4H3,(H2-,18,19,23,24)/p+1. The number of aliphatic hydroxyl groups excluding tert-OH is 1. The van der Waals surface area contributed by atoms with Crippen LogP contribution >= 0.6 is 0 Å². The monoisotopic (exact) mass is 342 g/mol. The summed E-state index contributed by atoms with van der Waals surface area (Å²) in [4.78, 5) is 35.0. The van der Waals surface area contributed by atoms with Crippen molar-refractivity contribution in [2.75, 3.05) is 27.2 Å². The molecular weight excluding hydrogens is 310 g/mol. The van der Waals surface area contributed by atoms with Gasteiger partial charge in [0.05, 0.1) is 27.2 Å². The Morgan fingerprint density at radius 2 is 1.96 bits per heavy atom. The number of carbonyl (C=O) groups excluding carboxylic acids is 3. The van der Waals surface area contributed by atoms with E-state index in [0.29, 0.717) is 18.8 Å². The smallest absolute Gasteiger partial charge is 0.225 e. The van der Waals surface area contributed by atoms with Crippen LogP contribution in [0.25, 0.3) is 0 Å². The van der Waals surface area contributed by atoms with Crippen LogP contribution in [0.3, 0.4) is 0 Å². The average Bonchev–Trinajstić information content (AvgIpc) is 2.82. The van der Waals surface area contributed by atoms with Gasteiger partial charge in [-0.3, -0.25) is 14.4 Å². The molecule has 4 N–H and O–H groups in total. The zero-order valence-electron chi connectivity index (χ0n) is 15.2. The molecule has 1 aliphatic heterocycles. The molecule has 1 aliphatic rings. The topological polar surface area (TPSA) is 109 Å². The predicted octanol–water partition coefficient (Wildman–Crippen LogP) is -0.130. The second kappa shape index (κ2) is 8.58. The number of likely N-dealkylation sites (tertiary alicyclic amines) is 1. The van der Waals surface area contributed by atoms with Gasteiger partial charge in [-0.2, -0.15) is 0 Å². The first-order valence-electron chi connectivity index (χ1n) is 8.70. The van der Waals surface area contributed by atoms with Gasteiger partial charge in [0.15, 0.2) is 12.5 Å². The molecule has 0 radical (unpaired) electrons. The summed E-state index contributed by atoms with van der Waals surface area (Å²) in [5, 5.41) is 11.8. The zero-order valence-corrected chi connectivity index (χ0v) is 15.2. The van der Waals surface area contributed by atoms with Gasteiger partial charge in [-0.15, -0.1) is 0 Å². The molecule has 0 aliphatic carbocycles. The summed E-state index contributed by atoms with van der Waals surface area (Å²) in [7, 11) is 4.26. The third-order valence-corrected chi connectivity index (χ3v) is 5.27. The van der Waals surface area contributed by atoms with Crippen molar-refractivity contribution in [1.29, 1.82) is 0 Å². The minimum absolute atomic E-state index is 0.0947. The molecule has 1 saturated heterocycles. The molecule has 0 aromatic carbocycles. The van der Waals surface area contributed by atoms with Crippen molar-refractivity contribution in [2.45, 2.75) is 39.3 Å². The van der Waals surface area contributed by atoms with Gasteiger partial charge in [0, 0.05) is 23.7 Å². The van der Waals surface area contributed by atoms with Crippen molar-refractivity contribution in [1.82, 2.24) is 5.32 Å². The summed E-state index contributed by atoms with van der Waals surface area (Å²) in [6.07, 6.45) is 0.630. The fourth-order valence-electron chi connectivity index (χ4n) is 4.01. The fraction of sp³-hybridized carbons (Fsp3) is 0.824. The average molecular weight is 342 g/mol. The number of amides is 2. The molecule has 7 nitrogen and oxygen atoms in total. The van der Waals surface area contributed by atoms with Crippen LogP contribution in [0.2, 0.25) is 0 Å². The highest BCUT2D eigenvalue weighted by atomic mass is 16.3. The molecule has 1 fully saturated rings. The lowest BCUT2D eigenvalue weighted by atomic mass is 9.76. The number of primary amides is 1. The number of rotatable bonds is 9. The van der Waals surface area contributed by atoms with Crippen LogP contribution in [0.4, 0.5) is 0 Å². The van der Waals surface area contributed by atoms with E-state index in [0.717, 1.165) is 24.0 Å². The summed E-state index contributed by atoms with van der Waals surface area (Å²) in [5.41, 5.74) is 5.46. The molecule has 0 aromatic heterocycles. The number of nitrogens with zero attached hydrogens (tertiary/aromatic N) is 1.